The molecule has 18 heavy (non-hydrogen) atoms. The van der Waals surface area contributed by atoms with Crippen LogP contribution in [0.1, 0.15) is 46.5 Å². The molecule has 0 saturated carbocycles. The lowest BCUT2D eigenvalue weighted by Gasteiger charge is -2.34. The molecule has 1 fully saturated rings. The number of hydrogen-bond donors (Lipinski definition) is 2. The van der Waals surface area contributed by atoms with E-state index < -0.39 is 0 Å². The molecule has 1 heterocycles. The van der Waals surface area contributed by atoms with E-state index in [0.717, 1.165) is 25.3 Å². The van der Waals surface area contributed by atoms with Gasteiger partial charge in [0.2, 0.25) is 0 Å². The average molecular weight is 256 g/mol. The van der Waals surface area contributed by atoms with Crippen molar-refractivity contribution in [1.29, 1.82) is 0 Å². The Balaban J connectivity index is 2.25. The highest BCUT2D eigenvalue weighted by Gasteiger charge is 2.23. The topological polar surface area (TPSA) is 35.5 Å². The Morgan fingerprint density at radius 2 is 1.78 bits per heavy atom. The zero-order valence-electron chi connectivity index (χ0n) is 12.7. The van der Waals surface area contributed by atoms with Gasteiger partial charge in [0.1, 0.15) is 0 Å². The van der Waals surface area contributed by atoms with Crippen LogP contribution < -0.4 is 5.32 Å². The molecule has 0 aromatic heterocycles. The number of piperidine rings is 1. The normalized spacial score (nSPS) is 22.3. The number of rotatable bonds is 7. The minimum absolute atomic E-state index is 0.186. The molecule has 1 aliphatic rings. The maximum atomic E-state index is 10.1. The van der Waals surface area contributed by atoms with E-state index in [0.29, 0.717) is 12.0 Å². The molecule has 0 aromatic carbocycles. The quantitative estimate of drug-likeness (QED) is 0.732. The average Bonchev–Trinajstić information content (AvgIpc) is 2.38. The summed E-state index contributed by atoms with van der Waals surface area (Å²) >= 11 is 0. The van der Waals surface area contributed by atoms with Gasteiger partial charge < -0.3 is 15.3 Å². The highest BCUT2D eigenvalue weighted by atomic mass is 16.3. The van der Waals surface area contributed by atoms with Crippen LogP contribution in [0.3, 0.4) is 0 Å². The first kappa shape index (κ1) is 15.9. The fourth-order valence-corrected chi connectivity index (χ4v) is 3.00. The predicted octanol–water partition coefficient (Wildman–Crippen LogP) is 2.10. The monoisotopic (exact) mass is 256 g/mol. The fraction of sp³-hybridized carbons (Fsp3) is 1.00. The van der Waals surface area contributed by atoms with Gasteiger partial charge in [-0.1, -0.05) is 26.7 Å². The summed E-state index contributed by atoms with van der Waals surface area (Å²) in [6.07, 6.45) is 4.52. The summed E-state index contributed by atoms with van der Waals surface area (Å²) in [5.74, 6) is 1.22. The van der Waals surface area contributed by atoms with E-state index in [9.17, 15) is 5.11 Å². The second-order valence-corrected chi connectivity index (χ2v) is 5.98. The van der Waals surface area contributed by atoms with Gasteiger partial charge in [0, 0.05) is 12.6 Å². The first-order valence-electron chi connectivity index (χ1n) is 7.68. The molecule has 2 atom stereocenters. The number of aliphatic hydroxyl groups is 1. The third-order valence-corrected chi connectivity index (χ3v) is 4.71. The third kappa shape index (κ3) is 4.87. The molecule has 2 unspecified atom stereocenters. The molecule has 2 N–H and O–H groups in total. The summed E-state index contributed by atoms with van der Waals surface area (Å²) in [6.45, 7) is 9.78. The molecule has 1 rings (SSSR count). The second-order valence-electron chi connectivity index (χ2n) is 5.98. The van der Waals surface area contributed by atoms with Crippen LogP contribution in [0.5, 0.6) is 0 Å². The van der Waals surface area contributed by atoms with Crippen LogP contribution in [0.4, 0.5) is 0 Å². The number of nitrogens with zero attached hydrogens (tertiary/aromatic N) is 1. The summed E-state index contributed by atoms with van der Waals surface area (Å²) < 4.78 is 0. The Morgan fingerprint density at radius 3 is 2.28 bits per heavy atom. The number of aliphatic hydroxyl groups excluding tert-OH is 1. The van der Waals surface area contributed by atoms with Crippen molar-refractivity contribution in [1.82, 2.24) is 10.2 Å². The Morgan fingerprint density at radius 1 is 1.22 bits per heavy atom. The molecular formula is C15H32N2O. The first-order valence-corrected chi connectivity index (χ1v) is 7.68. The number of hydrogen-bond acceptors (Lipinski definition) is 3. The summed E-state index contributed by atoms with van der Waals surface area (Å²) in [4.78, 5) is 2.41. The van der Waals surface area contributed by atoms with E-state index in [1.54, 1.807) is 0 Å². The minimum Gasteiger partial charge on any atom is -0.392 e. The Bertz CT molecular complexity index is 211. The van der Waals surface area contributed by atoms with Crippen molar-refractivity contribution in [3.05, 3.63) is 0 Å². The van der Waals surface area contributed by atoms with Crippen molar-refractivity contribution in [2.75, 3.05) is 26.7 Å². The lowest BCUT2D eigenvalue weighted by atomic mass is 9.90. The van der Waals surface area contributed by atoms with Crippen LogP contribution in [0.25, 0.3) is 0 Å². The van der Waals surface area contributed by atoms with Crippen LogP contribution >= 0.6 is 0 Å². The van der Waals surface area contributed by atoms with Crippen molar-refractivity contribution in [2.45, 2.75) is 58.6 Å². The SMILES string of the molecule is CCC(CC)C(O)CNC(C)C1CCN(C)CC1. The minimum atomic E-state index is -0.186. The van der Waals surface area contributed by atoms with Gasteiger partial charge >= 0.3 is 0 Å². The van der Waals surface area contributed by atoms with Crippen LogP contribution in [-0.4, -0.2) is 48.8 Å². The van der Waals surface area contributed by atoms with Crippen molar-refractivity contribution in [3.8, 4) is 0 Å². The molecule has 0 amide bonds. The van der Waals surface area contributed by atoms with Crippen molar-refractivity contribution in [3.63, 3.8) is 0 Å². The fourth-order valence-electron chi connectivity index (χ4n) is 3.00. The van der Waals surface area contributed by atoms with Crippen molar-refractivity contribution in [2.24, 2.45) is 11.8 Å². The lowest BCUT2D eigenvalue weighted by Crippen LogP contribution is -2.44. The highest BCUT2D eigenvalue weighted by molar-refractivity contribution is 4.80. The molecule has 0 aliphatic carbocycles. The van der Waals surface area contributed by atoms with Gasteiger partial charge in [0.15, 0.2) is 0 Å². The Labute approximate surface area is 113 Å². The zero-order valence-corrected chi connectivity index (χ0v) is 12.7. The van der Waals surface area contributed by atoms with Crippen LogP contribution in [0.15, 0.2) is 0 Å². The van der Waals surface area contributed by atoms with Crippen LogP contribution in [0, 0.1) is 11.8 Å². The molecule has 3 nitrogen and oxygen atoms in total. The maximum absolute atomic E-state index is 10.1. The Hall–Kier alpha value is -0.120. The van der Waals surface area contributed by atoms with Crippen LogP contribution in [0.2, 0.25) is 0 Å². The van der Waals surface area contributed by atoms with Crippen molar-refractivity contribution < 1.29 is 5.11 Å². The smallest absolute Gasteiger partial charge is 0.0692 e. The standard InChI is InChI=1S/C15H32N2O/c1-5-13(6-2)15(18)11-16-12(3)14-7-9-17(4)10-8-14/h12-16,18H,5-11H2,1-4H3. The van der Waals surface area contributed by atoms with Gasteiger partial charge in [-0.3, -0.25) is 0 Å². The Kier molecular flexibility index (Phi) is 7.20. The molecule has 3 heteroatoms. The summed E-state index contributed by atoms with van der Waals surface area (Å²) in [5.41, 5.74) is 0. The third-order valence-electron chi connectivity index (χ3n) is 4.71. The summed E-state index contributed by atoms with van der Waals surface area (Å²) in [5, 5.41) is 13.7. The van der Waals surface area contributed by atoms with E-state index in [4.69, 9.17) is 0 Å². The van der Waals surface area contributed by atoms with Gasteiger partial charge in [-0.05, 0) is 51.7 Å². The summed E-state index contributed by atoms with van der Waals surface area (Å²) in [6, 6.07) is 0.530. The molecule has 1 saturated heterocycles. The second kappa shape index (κ2) is 8.13. The molecule has 108 valence electrons. The first-order chi connectivity index (χ1) is 8.58. The molecule has 0 aromatic rings. The number of nitrogens with one attached hydrogen (secondary N) is 1. The predicted molar refractivity (Wildman–Crippen MR) is 77.8 cm³/mol. The highest BCUT2D eigenvalue weighted by Crippen LogP contribution is 2.20. The van der Waals surface area contributed by atoms with Crippen molar-refractivity contribution >= 4 is 0 Å². The van der Waals surface area contributed by atoms with Gasteiger partial charge in [-0.15, -0.1) is 0 Å². The largest absolute Gasteiger partial charge is 0.392 e. The summed E-state index contributed by atoms with van der Waals surface area (Å²) in [7, 11) is 2.20. The van der Waals surface area contributed by atoms with E-state index >= 15 is 0 Å². The van der Waals surface area contributed by atoms with E-state index in [1.165, 1.54) is 25.9 Å². The molecule has 0 spiro atoms. The lowest BCUT2D eigenvalue weighted by molar-refractivity contribution is 0.0926. The van der Waals surface area contributed by atoms with E-state index in [2.05, 4.69) is 38.0 Å². The molecular weight excluding hydrogens is 224 g/mol. The van der Waals surface area contributed by atoms with E-state index in [1.807, 2.05) is 0 Å². The van der Waals surface area contributed by atoms with Gasteiger partial charge in [-0.25, -0.2) is 0 Å². The van der Waals surface area contributed by atoms with Crippen LogP contribution in [-0.2, 0) is 0 Å². The molecule has 1 aliphatic heterocycles. The van der Waals surface area contributed by atoms with Gasteiger partial charge in [-0.2, -0.15) is 0 Å². The number of likely N-dealkylation sites (tertiary alicyclic amines) is 1. The maximum Gasteiger partial charge on any atom is 0.0692 e. The van der Waals surface area contributed by atoms with Gasteiger partial charge in [0.25, 0.3) is 0 Å². The molecule has 0 bridgehead atoms. The zero-order chi connectivity index (χ0) is 13.5. The van der Waals surface area contributed by atoms with Gasteiger partial charge in [0.05, 0.1) is 6.10 Å². The molecule has 0 radical (unpaired) electrons. The van der Waals surface area contributed by atoms with E-state index in [-0.39, 0.29) is 6.10 Å².